The van der Waals surface area contributed by atoms with Gasteiger partial charge in [-0.15, -0.1) is 12.4 Å². The fourth-order valence-electron chi connectivity index (χ4n) is 4.01. The molecule has 1 saturated heterocycles. The van der Waals surface area contributed by atoms with Gasteiger partial charge in [-0.2, -0.15) is 13.2 Å². The van der Waals surface area contributed by atoms with Crippen LogP contribution < -0.4 is 5.32 Å². The summed E-state index contributed by atoms with van der Waals surface area (Å²) in [5.41, 5.74) is -0.170. The molecule has 0 aromatic heterocycles. The van der Waals surface area contributed by atoms with E-state index < -0.39 is 11.7 Å². The summed E-state index contributed by atoms with van der Waals surface area (Å²) >= 11 is 5.85. The van der Waals surface area contributed by atoms with Crippen molar-refractivity contribution in [1.82, 2.24) is 10.2 Å². The summed E-state index contributed by atoms with van der Waals surface area (Å²) in [6.45, 7) is 3.25. The largest absolute Gasteiger partial charge is 0.416 e. The summed E-state index contributed by atoms with van der Waals surface area (Å²) in [6, 6.07) is 4.11. The highest BCUT2D eigenvalue weighted by molar-refractivity contribution is 6.30. The molecule has 0 bridgehead atoms. The zero-order valence-corrected chi connectivity index (χ0v) is 15.0. The van der Waals surface area contributed by atoms with Crippen molar-refractivity contribution in [2.24, 2.45) is 5.92 Å². The van der Waals surface area contributed by atoms with E-state index in [2.05, 4.69) is 10.2 Å². The topological polar surface area (TPSA) is 15.3 Å². The number of hydrogen-bond acceptors (Lipinski definition) is 2. The summed E-state index contributed by atoms with van der Waals surface area (Å²) in [5, 5.41) is 3.43. The van der Waals surface area contributed by atoms with Crippen LogP contribution in [0.5, 0.6) is 0 Å². The van der Waals surface area contributed by atoms with E-state index in [9.17, 15) is 13.2 Å². The molecule has 1 heterocycles. The minimum absolute atomic E-state index is 0. The fraction of sp³-hybridized carbons (Fsp3) is 0.647. The third kappa shape index (κ3) is 4.37. The maximum atomic E-state index is 13.6. The van der Waals surface area contributed by atoms with Crippen molar-refractivity contribution in [3.63, 3.8) is 0 Å². The highest BCUT2D eigenvalue weighted by atomic mass is 35.5. The normalized spacial score (nSPS) is 21.5. The molecule has 7 heteroatoms. The predicted molar refractivity (Wildman–Crippen MR) is 92.8 cm³/mol. The number of benzene rings is 1. The Bertz CT molecular complexity index is 539. The van der Waals surface area contributed by atoms with Gasteiger partial charge in [-0.3, -0.25) is 4.90 Å². The van der Waals surface area contributed by atoms with Crippen LogP contribution in [0.1, 0.15) is 42.9 Å². The van der Waals surface area contributed by atoms with Crippen LogP contribution in [0.4, 0.5) is 13.2 Å². The van der Waals surface area contributed by atoms with Gasteiger partial charge < -0.3 is 5.32 Å². The van der Waals surface area contributed by atoms with E-state index in [1.165, 1.54) is 0 Å². The first-order valence-corrected chi connectivity index (χ1v) is 8.66. The number of nitrogens with zero attached hydrogens (tertiary/aromatic N) is 1. The van der Waals surface area contributed by atoms with Gasteiger partial charge in [0.15, 0.2) is 0 Å². The van der Waals surface area contributed by atoms with Crippen LogP contribution in [0.25, 0.3) is 0 Å². The van der Waals surface area contributed by atoms with Gasteiger partial charge in [0.1, 0.15) is 0 Å². The lowest BCUT2D eigenvalue weighted by Crippen LogP contribution is -2.47. The molecule has 1 saturated carbocycles. The lowest BCUT2D eigenvalue weighted by Gasteiger charge is -2.39. The Morgan fingerprint density at radius 2 is 1.75 bits per heavy atom. The molecule has 1 aliphatic heterocycles. The third-order valence-electron chi connectivity index (χ3n) is 5.03. The first-order valence-electron chi connectivity index (χ1n) is 8.28. The molecule has 0 unspecified atom stereocenters. The van der Waals surface area contributed by atoms with Crippen molar-refractivity contribution in [3.05, 3.63) is 34.3 Å². The highest BCUT2D eigenvalue weighted by Crippen LogP contribution is 2.44. The van der Waals surface area contributed by atoms with E-state index in [0.29, 0.717) is 11.5 Å². The van der Waals surface area contributed by atoms with Gasteiger partial charge in [-0.25, -0.2) is 0 Å². The Hall–Kier alpha value is -0.490. The van der Waals surface area contributed by atoms with Crippen molar-refractivity contribution in [1.29, 1.82) is 0 Å². The molecule has 1 aliphatic carbocycles. The van der Waals surface area contributed by atoms with E-state index in [0.717, 1.165) is 57.9 Å². The molecule has 136 valence electrons. The summed E-state index contributed by atoms with van der Waals surface area (Å²) in [5.74, 6) is 0.301. The number of alkyl halides is 3. The average molecular weight is 383 g/mol. The first-order chi connectivity index (χ1) is 11.0. The molecule has 3 rings (SSSR count). The fourth-order valence-corrected chi connectivity index (χ4v) is 4.19. The Kier molecular flexibility index (Phi) is 6.82. The number of hydrogen-bond donors (Lipinski definition) is 1. The number of nitrogens with one attached hydrogen (secondary N) is 1. The smallest absolute Gasteiger partial charge is 0.314 e. The van der Waals surface area contributed by atoms with Gasteiger partial charge >= 0.3 is 6.18 Å². The zero-order valence-electron chi connectivity index (χ0n) is 13.4. The average Bonchev–Trinajstić information content (AvgIpc) is 3.03. The Labute approximate surface area is 152 Å². The molecular formula is C17H23Cl2F3N2. The summed E-state index contributed by atoms with van der Waals surface area (Å²) in [7, 11) is 0. The van der Waals surface area contributed by atoms with E-state index >= 15 is 0 Å². The lowest BCUT2D eigenvalue weighted by molar-refractivity contribution is -0.139. The molecule has 1 atom stereocenters. The SMILES string of the molecule is Cl.FC(F)(F)c1cc(Cl)ccc1[C@H](C1CCCC1)N1CCNCC1. The van der Waals surface area contributed by atoms with Gasteiger partial charge in [0.25, 0.3) is 0 Å². The quantitative estimate of drug-likeness (QED) is 0.797. The summed E-state index contributed by atoms with van der Waals surface area (Å²) < 4.78 is 40.7. The number of rotatable bonds is 3. The number of piperazine rings is 1. The van der Waals surface area contributed by atoms with Crippen molar-refractivity contribution in [3.8, 4) is 0 Å². The molecular weight excluding hydrogens is 360 g/mol. The van der Waals surface area contributed by atoms with Crippen molar-refractivity contribution < 1.29 is 13.2 Å². The molecule has 2 fully saturated rings. The molecule has 2 aliphatic rings. The van der Waals surface area contributed by atoms with Crippen LogP contribution in [0.3, 0.4) is 0 Å². The van der Waals surface area contributed by atoms with E-state index in [-0.39, 0.29) is 23.5 Å². The maximum Gasteiger partial charge on any atom is 0.416 e. The van der Waals surface area contributed by atoms with E-state index in [4.69, 9.17) is 11.6 Å². The molecule has 24 heavy (non-hydrogen) atoms. The minimum atomic E-state index is -4.37. The van der Waals surface area contributed by atoms with Crippen LogP contribution >= 0.6 is 24.0 Å². The molecule has 1 aromatic rings. The molecule has 0 radical (unpaired) electrons. The molecule has 1 N–H and O–H groups in total. The second kappa shape index (κ2) is 8.26. The Morgan fingerprint density at radius 1 is 1.12 bits per heavy atom. The van der Waals surface area contributed by atoms with Gasteiger partial charge in [-0.05, 0) is 36.5 Å². The lowest BCUT2D eigenvalue weighted by atomic mass is 9.87. The van der Waals surface area contributed by atoms with Gasteiger partial charge in [0.2, 0.25) is 0 Å². The third-order valence-corrected chi connectivity index (χ3v) is 5.27. The van der Waals surface area contributed by atoms with Crippen LogP contribution in [-0.4, -0.2) is 31.1 Å². The number of halogens is 5. The maximum absolute atomic E-state index is 13.6. The van der Waals surface area contributed by atoms with Crippen molar-refractivity contribution >= 4 is 24.0 Å². The summed E-state index contributed by atoms with van der Waals surface area (Å²) in [6.07, 6.45) is -0.126. The summed E-state index contributed by atoms with van der Waals surface area (Å²) in [4.78, 5) is 2.23. The first kappa shape index (κ1) is 19.8. The van der Waals surface area contributed by atoms with Crippen LogP contribution in [-0.2, 0) is 6.18 Å². The van der Waals surface area contributed by atoms with Crippen LogP contribution in [0.2, 0.25) is 5.02 Å². The van der Waals surface area contributed by atoms with Crippen LogP contribution in [0.15, 0.2) is 18.2 Å². The van der Waals surface area contributed by atoms with E-state index in [1.807, 2.05) is 0 Å². The van der Waals surface area contributed by atoms with Gasteiger partial charge in [0, 0.05) is 37.2 Å². The van der Waals surface area contributed by atoms with Gasteiger partial charge in [0.05, 0.1) is 5.56 Å². The second-order valence-corrected chi connectivity index (χ2v) is 6.94. The molecule has 1 aromatic carbocycles. The van der Waals surface area contributed by atoms with Crippen LogP contribution in [0, 0.1) is 5.92 Å². The molecule has 0 spiro atoms. The standard InChI is InChI=1S/C17H22ClF3N2.ClH/c18-13-5-6-14(15(11-13)17(19,20)21)16(12-3-1-2-4-12)23-9-7-22-8-10-23;/h5-6,11-12,16,22H,1-4,7-10H2;1H/t16-;/m0./s1. The van der Waals surface area contributed by atoms with E-state index in [1.54, 1.807) is 12.1 Å². The Morgan fingerprint density at radius 3 is 2.33 bits per heavy atom. The predicted octanol–water partition coefficient (Wildman–Crippen LogP) is 4.92. The van der Waals surface area contributed by atoms with Gasteiger partial charge in [-0.1, -0.05) is 30.5 Å². The highest BCUT2D eigenvalue weighted by Gasteiger charge is 2.40. The Balaban J connectivity index is 0.00000208. The monoisotopic (exact) mass is 382 g/mol. The minimum Gasteiger partial charge on any atom is -0.314 e. The molecule has 0 amide bonds. The van der Waals surface area contributed by atoms with Crippen molar-refractivity contribution in [2.45, 2.75) is 37.9 Å². The van der Waals surface area contributed by atoms with Crippen molar-refractivity contribution in [2.75, 3.05) is 26.2 Å². The second-order valence-electron chi connectivity index (χ2n) is 6.50. The molecule has 2 nitrogen and oxygen atoms in total. The zero-order chi connectivity index (χ0) is 16.4.